The molecule has 0 saturated heterocycles. The smallest absolute Gasteiger partial charge is 0.375 e. The van der Waals surface area contributed by atoms with Gasteiger partial charge in [-0.05, 0) is 29.8 Å². The Labute approximate surface area is 107 Å². The summed E-state index contributed by atoms with van der Waals surface area (Å²) in [5.74, 6) is -2.98. The molecular weight excluding hydrogens is 296 g/mol. The molecule has 0 rings (SSSR count). The van der Waals surface area contributed by atoms with E-state index in [1.165, 1.54) is 0 Å². The third-order valence-corrected chi connectivity index (χ3v) is 2.04. The summed E-state index contributed by atoms with van der Waals surface area (Å²) in [5.41, 5.74) is 0. The molecule has 0 aromatic heterocycles. The van der Waals surface area contributed by atoms with Gasteiger partial charge in [0.05, 0.1) is 13.2 Å². The van der Waals surface area contributed by atoms with Crippen LogP contribution in [0.25, 0.3) is 0 Å². The molecule has 96 valence electrons. The molecule has 17 heavy (non-hydrogen) atoms. The van der Waals surface area contributed by atoms with Gasteiger partial charge in [0.25, 0.3) is 0 Å². The number of carbonyl (C=O) groups is 3. The summed E-state index contributed by atoms with van der Waals surface area (Å²) in [7, 11) is 0. The normalized spacial score (nSPS) is 11.3. The van der Waals surface area contributed by atoms with Gasteiger partial charge in [-0.3, -0.25) is 4.79 Å². The average molecular weight is 309 g/mol. The van der Waals surface area contributed by atoms with Crippen molar-refractivity contribution in [3.05, 3.63) is 10.2 Å². The molecule has 6 nitrogen and oxygen atoms in total. The predicted octanol–water partition coefficient (Wildman–Crippen LogP) is 1.28. The van der Waals surface area contributed by atoms with E-state index in [9.17, 15) is 14.4 Å². The first-order chi connectivity index (χ1) is 7.93. The molecule has 0 aliphatic heterocycles. The number of hydrogen-bond donors (Lipinski definition) is 0. The van der Waals surface area contributed by atoms with Gasteiger partial charge in [0.15, 0.2) is 4.48 Å². The summed E-state index contributed by atoms with van der Waals surface area (Å²) in [4.78, 5) is 33.6. The maximum Gasteiger partial charge on any atom is 0.375 e. The highest BCUT2D eigenvalue weighted by Gasteiger charge is 2.24. The maximum absolute atomic E-state index is 11.4. The second kappa shape index (κ2) is 7.83. The minimum Gasteiger partial charge on any atom is -0.462 e. The third-order valence-electron chi connectivity index (χ3n) is 1.36. The average Bonchev–Trinajstić information content (AvgIpc) is 2.25. The second-order valence-electron chi connectivity index (χ2n) is 2.68. The molecule has 0 amide bonds. The minimum atomic E-state index is -0.914. The minimum absolute atomic E-state index is 0.0900. The Bertz CT molecular complexity index is 347. The van der Waals surface area contributed by atoms with Crippen LogP contribution in [-0.2, 0) is 28.6 Å². The van der Waals surface area contributed by atoms with E-state index in [4.69, 9.17) is 0 Å². The van der Waals surface area contributed by atoms with Gasteiger partial charge in [0.2, 0.25) is 5.76 Å². The number of halogens is 1. The standard InChI is InChI=1S/C10H13BrO6/c1-4-15-9(13)7(11)8(17-6(3)12)10(14)16-5-2/h4-5H2,1-3H3/b8-7-. The molecule has 0 aliphatic carbocycles. The first-order valence-corrected chi connectivity index (χ1v) is 5.65. The lowest BCUT2D eigenvalue weighted by Crippen LogP contribution is -2.17. The van der Waals surface area contributed by atoms with E-state index in [1.54, 1.807) is 13.8 Å². The highest BCUT2D eigenvalue weighted by atomic mass is 79.9. The van der Waals surface area contributed by atoms with Crippen molar-refractivity contribution in [3.8, 4) is 0 Å². The van der Waals surface area contributed by atoms with Gasteiger partial charge < -0.3 is 14.2 Å². The van der Waals surface area contributed by atoms with E-state index in [-0.39, 0.29) is 17.7 Å². The number of esters is 3. The Balaban J connectivity index is 5.12. The van der Waals surface area contributed by atoms with Crippen molar-refractivity contribution in [1.29, 1.82) is 0 Å². The molecule has 0 bridgehead atoms. The van der Waals surface area contributed by atoms with Crippen molar-refractivity contribution in [2.75, 3.05) is 13.2 Å². The number of carbonyl (C=O) groups excluding carboxylic acids is 3. The van der Waals surface area contributed by atoms with Crippen LogP contribution in [-0.4, -0.2) is 31.1 Å². The van der Waals surface area contributed by atoms with Crippen LogP contribution in [0.1, 0.15) is 20.8 Å². The van der Waals surface area contributed by atoms with Crippen LogP contribution in [0.5, 0.6) is 0 Å². The second-order valence-corrected chi connectivity index (χ2v) is 3.47. The molecule has 7 heteroatoms. The van der Waals surface area contributed by atoms with Crippen molar-refractivity contribution in [3.63, 3.8) is 0 Å². The first-order valence-electron chi connectivity index (χ1n) is 4.86. The molecule has 0 aliphatic rings. The number of hydrogen-bond acceptors (Lipinski definition) is 6. The highest BCUT2D eigenvalue weighted by Crippen LogP contribution is 2.17. The highest BCUT2D eigenvalue weighted by molar-refractivity contribution is 9.12. The first kappa shape index (κ1) is 15.6. The molecule has 0 unspecified atom stereocenters. The molecule has 0 saturated carbocycles. The van der Waals surface area contributed by atoms with Crippen LogP contribution in [0.15, 0.2) is 10.2 Å². The summed E-state index contributed by atoms with van der Waals surface area (Å²) in [5, 5.41) is 0. The van der Waals surface area contributed by atoms with E-state index in [1.807, 2.05) is 0 Å². The quantitative estimate of drug-likeness (QED) is 0.329. The zero-order valence-corrected chi connectivity index (χ0v) is 11.3. The molecule has 0 atom stereocenters. The SMILES string of the molecule is CCOC(=O)/C(Br)=C(/OC(C)=O)C(=O)OCC. The molecule has 0 radical (unpaired) electrons. The van der Waals surface area contributed by atoms with Gasteiger partial charge in [-0.15, -0.1) is 0 Å². The Morgan fingerprint density at radius 1 is 1.00 bits per heavy atom. The lowest BCUT2D eigenvalue weighted by atomic mass is 10.4. The van der Waals surface area contributed by atoms with Crippen molar-refractivity contribution in [2.45, 2.75) is 20.8 Å². The van der Waals surface area contributed by atoms with Gasteiger partial charge in [0, 0.05) is 6.92 Å². The Hall–Kier alpha value is -1.37. The summed E-state index contributed by atoms with van der Waals surface area (Å²) in [6, 6.07) is 0. The van der Waals surface area contributed by atoms with Crippen molar-refractivity contribution >= 4 is 33.8 Å². The molecule has 0 aromatic rings. The molecule has 0 aromatic carbocycles. The molecule has 0 heterocycles. The van der Waals surface area contributed by atoms with Crippen molar-refractivity contribution in [1.82, 2.24) is 0 Å². The lowest BCUT2D eigenvalue weighted by Gasteiger charge is -2.08. The molecule has 0 fully saturated rings. The van der Waals surface area contributed by atoms with Gasteiger partial charge in [-0.25, -0.2) is 9.59 Å². The van der Waals surface area contributed by atoms with Crippen LogP contribution >= 0.6 is 15.9 Å². The Kier molecular flexibility index (Phi) is 7.20. The predicted molar refractivity (Wildman–Crippen MR) is 61.0 cm³/mol. The van der Waals surface area contributed by atoms with Crippen LogP contribution in [0.2, 0.25) is 0 Å². The van der Waals surface area contributed by atoms with Crippen LogP contribution in [0.3, 0.4) is 0 Å². The maximum atomic E-state index is 11.4. The van der Waals surface area contributed by atoms with Gasteiger partial charge in [0.1, 0.15) is 0 Å². The lowest BCUT2D eigenvalue weighted by molar-refractivity contribution is -0.150. The van der Waals surface area contributed by atoms with E-state index in [0.29, 0.717) is 0 Å². The van der Waals surface area contributed by atoms with Crippen LogP contribution in [0, 0.1) is 0 Å². The fourth-order valence-electron chi connectivity index (χ4n) is 0.804. The monoisotopic (exact) mass is 308 g/mol. The summed E-state index contributed by atoms with van der Waals surface area (Å²) < 4.78 is 13.6. The van der Waals surface area contributed by atoms with E-state index in [0.717, 1.165) is 6.92 Å². The molecule has 0 spiro atoms. The number of ether oxygens (including phenoxy) is 3. The Morgan fingerprint density at radius 2 is 1.47 bits per heavy atom. The van der Waals surface area contributed by atoms with Crippen molar-refractivity contribution < 1.29 is 28.6 Å². The van der Waals surface area contributed by atoms with E-state index in [2.05, 4.69) is 30.1 Å². The van der Waals surface area contributed by atoms with E-state index >= 15 is 0 Å². The fraction of sp³-hybridized carbons (Fsp3) is 0.500. The van der Waals surface area contributed by atoms with E-state index < -0.39 is 23.7 Å². The summed E-state index contributed by atoms with van der Waals surface area (Å²) >= 11 is 2.84. The zero-order chi connectivity index (χ0) is 13.4. The Morgan fingerprint density at radius 3 is 1.88 bits per heavy atom. The van der Waals surface area contributed by atoms with Crippen molar-refractivity contribution in [2.24, 2.45) is 0 Å². The summed E-state index contributed by atoms with van der Waals surface area (Å²) in [6.45, 7) is 4.51. The van der Waals surface area contributed by atoms with Crippen LogP contribution < -0.4 is 0 Å². The van der Waals surface area contributed by atoms with Gasteiger partial charge in [-0.1, -0.05) is 0 Å². The van der Waals surface area contributed by atoms with Crippen LogP contribution in [0.4, 0.5) is 0 Å². The third kappa shape index (κ3) is 5.48. The van der Waals surface area contributed by atoms with Gasteiger partial charge >= 0.3 is 17.9 Å². The summed E-state index contributed by atoms with van der Waals surface area (Å²) in [6.07, 6.45) is 0. The zero-order valence-electron chi connectivity index (χ0n) is 9.74. The molecule has 0 N–H and O–H groups in total. The largest absolute Gasteiger partial charge is 0.462 e. The number of rotatable bonds is 5. The fourth-order valence-corrected chi connectivity index (χ4v) is 1.16. The molecular formula is C10H13BrO6. The van der Waals surface area contributed by atoms with Gasteiger partial charge in [-0.2, -0.15) is 0 Å². The topological polar surface area (TPSA) is 78.9 Å².